The molecule has 0 bridgehead atoms. The topological polar surface area (TPSA) is 9.23 Å². The molecule has 0 N–H and O–H groups in total. The smallest absolute Gasteiger partial charge is 0.491 e. The Morgan fingerprint density at radius 2 is 1.68 bits per heavy atom. The van der Waals surface area contributed by atoms with Crippen LogP contribution in [0, 0.1) is 6.92 Å². The van der Waals surface area contributed by atoms with E-state index in [9.17, 15) is 17.3 Å². The van der Waals surface area contributed by atoms with Crippen LogP contribution < -0.4 is 4.74 Å². The second kappa shape index (κ2) is 8.34. The maximum absolute atomic E-state index is 9.75. The Bertz CT molecular complexity index is 705. The lowest BCUT2D eigenvalue weighted by Crippen LogP contribution is -2.10. The zero-order chi connectivity index (χ0) is 19.4. The van der Waals surface area contributed by atoms with E-state index in [-0.39, 0.29) is 11.5 Å². The van der Waals surface area contributed by atoms with Gasteiger partial charge in [0.15, 0.2) is 0 Å². The zero-order valence-electron chi connectivity index (χ0n) is 15.5. The van der Waals surface area contributed by atoms with Gasteiger partial charge in [-0.15, -0.1) is 0 Å². The van der Waals surface area contributed by atoms with E-state index in [0.29, 0.717) is 0 Å². The molecule has 0 amide bonds. The molecule has 1 heterocycles. The van der Waals surface area contributed by atoms with Crippen LogP contribution in [0.25, 0.3) is 10.1 Å². The van der Waals surface area contributed by atoms with Crippen molar-refractivity contribution in [3.05, 3.63) is 34.7 Å². The summed E-state index contributed by atoms with van der Waals surface area (Å²) in [4.78, 5) is 1.43. The third kappa shape index (κ3) is 7.59. The van der Waals surface area contributed by atoms with E-state index in [4.69, 9.17) is 4.74 Å². The van der Waals surface area contributed by atoms with Gasteiger partial charge in [0.05, 0.1) is 6.10 Å². The maximum atomic E-state index is 9.75. The molecule has 1 unspecified atom stereocenters. The van der Waals surface area contributed by atoms with Crippen LogP contribution in [0.15, 0.2) is 24.3 Å². The molecular formula is C18H25BF4OS. The second-order valence-corrected chi connectivity index (χ2v) is 8.12. The first-order valence-corrected chi connectivity index (χ1v) is 9.05. The summed E-state index contributed by atoms with van der Waals surface area (Å²) in [5.41, 5.74) is 1.54. The Labute approximate surface area is 151 Å². The SMILES string of the molecule is CCC(C)Oc1ccc2[s+]c(C(C)(C)C)cc(C)c2c1.F[B-](F)(F)F. The van der Waals surface area contributed by atoms with Gasteiger partial charge >= 0.3 is 7.25 Å². The van der Waals surface area contributed by atoms with E-state index < -0.39 is 7.25 Å². The fourth-order valence-electron chi connectivity index (χ4n) is 2.09. The number of ether oxygens (including phenoxy) is 1. The predicted molar refractivity (Wildman–Crippen MR) is 100 cm³/mol. The molecule has 1 aromatic carbocycles. The standard InChI is InChI=1S/C18H25OS.BF4/c1-7-13(3)19-14-8-9-16-15(11-14)12(2)10-17(20-16)18(4,5)6;2-1(3,4)5/h8-11,13H,7H2,1-6H3;/q+1;-1. The molecule has 0 saturated carbocycles. The molecule has 2 rings (SSSR count). The van der Waals surface area contributed by atoms with E-state index >= 15 is 0 Å². The molecule has 140 valence electrons. The van der Waals surface area contributed by atoms with Crippen molar-refractivity contribution in [1.29, 1.82) is 0 Å². The molecule has 0 aliphatic rings. The highest BCUT2D eigenvalue weighted by Crippen LogP contribution is 2.35. The number of hydrogen-bond donors (Lipinski definition) is 0. The van der Waals surface area contributed by atoms with Crippen molar-refractivity contribution in [3.63, 3.8) is 0 Å². The van der Waals surface area contributed by atoms with Crippen LogP contribution in [0.2, 0.25) is 0 Å². The van der Waals surface area contributed by atoms with Crippen molar-refractivity contribution in [3.8, 4) is 5.75 Å². The molecule has 0 aliphatic carbocycles. The minimum Gasteiger partial charge on any atom is -0.491 e. The molecule has 0 radical (unpaired) electrons. The summed E-state index contributed by atoms with van der Waals surface area (Å²) in [6.07, 6.45) is 1.30. The lowest BCUT2D eigenvalue weighted by molar-refractivity contribution is 0.218. The Hall–Kier alpha value is -1.37. The molecule has 0 fully saturated rings. The monoisotopic (exact) mass is 376 g/mol. The van der Waals surface area contributed by atoms with E-state index in [1.807, 2.05) is 11.3 Å². The zero-order valence-corrected chi connectivity index (χ0v) is 16.3. The van der Waals surface area contributed by atoms with Gasteiger partial charge in [-0.1, -0.05) is 27.7 Å². The summed E-state index contributed by atoms with van der Waals surface area (Å²) in [7, 11) is -6.00. The maximum Gasteiger partial charge on any atom is 0.673 e. The summed E-state index contributed by atoms with van der Waals surface area (Å²) in [6, 6.07) is 8.79. The van der Waals surface area contributed by atoms with E-state index in [0.717, 1.165) is 12.2 Å². The summed E-state index contributed by atoms with van der Waals surface area (Å²) in [6.45, 7) is 13.3. The minimum atomic E-state index is -6.00. The van der Waals surface area contributed by atoms with Crippen molar-refractivity contribution in [2.24, 2.45) is 0 Å². The van der Waals surface area contributed by atoms with E-state index in [1.54, 1.807) is 0 Å². The van der Waals surface area contributed by atoms with Crippen molar-refractivity contribution >= 4 is 28.7 Å². The fourth-order valence-corrected chi connectivity index (χ4v) is 3.33. The van der Waals surface area contributed by atoms with Gasteiger partial charge in [0.1, 0.15) is 5.75 Å². The normalized spacial score (nSPS) is 13.2. The highest BCUT2D eigenvalue weighted by Gasteiger charge is 2.26. The predicted octanol–water partition coefficient (Wildman–Crippen LogP) is 7.27. The molecule has 0 spiro atoms. The lowest BCUT2D eigenvalue weighted by atomic mass is 9.93. The molecule has 1 nitrogen and oxygen atoms in total. The van der Waals surface area contributed by atoms with Crippen molar-refractivity contribution < 1.29 is 22.0 Å². The molecule has 0 aliphatic heterocycles. The van der Waals surface area contributed by atoms with Crippen LogP contribution in [-0.2, 0) is 5.41 Å². The average molecular weight is 376 g/mol. The van der Waals surface area contributed by atoms with Crippen LogP contribution in [0.1, 0.15) is 51.5 Å². The van der Waals surface area contributed by atoms with Gasteiger partial charge in [0.25, 0.3) is 0 Å². The first kappa shape index (κ1) is 21.7. The highest BCUT2D eigenvalue weighted by atomic mass is 32.1. The van der Waals surface area contributed by atoms with Crippen LogP contribution in [0.5, 0.6) is 5.75 Å². The molecule has 25 heavy (non-hydrogen) atoms. The van der Waals surface area contributed by atoms with Crippen LogP contribution in [-0.4, -0.2) is 13.4 Å². The van der Waals surface area contributed by atoms with Crippen LogP contribution in [0.4, 0.5) is 17.3 Å². The summed E-state index contributed by atoms with van der Waals surface area (Å²) in [5, 5.41) is 1.31. The number of fused-ring (bicyclic) bond motifs is 1. The van der Waals surface area contributed by atoms with Gasteiger partial charge < -0.3 is 22.0 Å². The molecular weight excluding hydrogens is 351 g/mol. The number of benzene rings is 1. The third-order valence-corrected chi connectivity index (χ3v) is 5.12. The summed E-state index contributed by atoms with van der Waals surface area (Å²) >= 11 is 1.89. The minimum absolute atomic E-state index is 0.204. The Kier molecular flexibility index (Phi) is 7.23. The van der Waals surface area contributed by atoms with E-state index in [1.165, 1.54) is 20.5 Å². The van der Waals surface area contributed by atoms with Crippen molar-refractivity contribution in [2.75, 3.05) is 0 Å². The molecule has 2 aromatic rings. The third-order valence-electron chi connectivity index (χ3n) is 3.59. The highest BCUT2D eigenvalue weighted by molar-refractivity contribution is 7.18. The molecule has 1 aromatic heterocycles. The number of rotatable bonds is 3. The molecule has 0 saturated heterocycles. The van der Waals surface area contributed by atoms with Crippen LogP contribution >= 0.6 is 11.3 Å². The van der Waals surface area contributed by atoms with Gasteiger partial charge in [-0.3, -0.25) is 0 Å². The summed E-state index contributed by atoms with van der Waals surface area (Å²) < 4.78 is 46.3. The molecule has 1 atom stereocenters. The quantitative estimate of drug-likeness (QED) is 0.311. The Morgan fingerprint density at radius 3 is 2.16 bits per heavy atom. The number of hydrogen-bond acceptors (Lipinski definition) is 1. The average Bonchev–Trinajstić information content (AvgIpc) is 2.44. The second-order valence-electron chi connectivity index (χ2n) is 7.03. The van der Waals surface area contributed by atoms with Crippen LogP contribution in [0.3, 0.4) is 0 Å². The number of aryl methyl sites for hydroxylation is 1. The van der Waals surface area contributed by atoms with Crippen molar-refractivity contribution in [2.45, 2.75) is 59.5 Å². The van der Waals surface area contributed by atoms with Gasteiger partial charge in [-0.05, 0) is 38.0 Å². The molecule has 7 heteroatoms. The first-order chi connectivity index (χ1) is 11.3. The van der Waals surface area contributed by atoms with Gasteiger partial charge in [-0.2, -0.15) is 0 Å². The summed E-state index contributed by atoms with van der Waals surface area (Å²) in [5.74, 6) is 0.977. The van der Waals surface area contributed by atoms with E-state index in [2.05, 4.69) is 65.8 Å². The van der Waals surface area contributed by atoms with Gasteiger partial charge in [-0.25, -0.2) is 0 Å². The first-order valence-electron chi connectivity index (χ1n) is 8.23. The van der Waals surface area contributed by atoms with Crippen molar-refractivity contribution in [1.82, 2.24) is 0 Å². The Balaban J connectivity index is 0.000000550. The van der Waals surface area contributed by atoms with Gasteiger partial charge in [0, 0.05) is 22.9 Å². The number of halogens is 4. The Morgan fingerprint density at radius 1 is 1.12 bits per heavy atom. The largest absolute Gasteiger partial charge is 0.673 e. The lowest BCUT2D eigenvalue weighted by Gasteiger charge is -2.14. The van der Waals surface area contributed by atoms with Gasteiger partial charge in [0.2, 0.25) is 20.9 Å². The fraction of sp³-hybridized carbons (Fsp3) is 0.500.